The van der Waals surface area contributed by atoms with Gasteiger partial charge >= 0.3 is 5.97 Å². The van der Waals surface area contributed by atoms with Crippen molar-refractivity contribution in [2.75, 3.05) is 0 Å². The number of ether oxygens (including phenoxy) is 4. The maximum Gasteiger partial charge on any atom is 0.303 e. The molecule has 0 aromatic heterocycles. The van der Waals surface area contributed by atoms with Crippen LogP contribution in [0, 0.1) is 22.7 Å². The van der Waals surface area contributed by atoms with Gasteiger partial charge in [0.1, 0.15) is 5.60 Å². The summed E-state index contributed by atoms with van der Waals surface area (Å²) in [6, 6.07) is 0. The Morgan fingerprint density at radius 1 is 1.05 bits per heavy atom. The van der Waals surface area contributed by atoms with Gasteiger partial charge in [-0.15, -0.1) is 0 Å². The van der Waals surface area contributed by atoms with Crippen molar-refractivity contribution >= 4 is 11.8 Å². The van der Waals surface area contributed by atoms with Crippen molar-refractivity contribution in [3.05, 3.63) is 11.6 Å². The van der Waals surface area contributed by atoms with Gasteiger partial charge in [-0.05, 0) is 97.1 Å². The first-order chi connectivity index (χ1) is 18.6. The Balaban J connectivity index is 1.40. The Kier molecular flexibility index (Phi) is 6.10. The third kappa shape index (κ3) is 3.81. The topological polar surface area (TPSA) is 132 Å². The molecule has 10 atom stereocenters. The minimum atomic E-state index is -1.80. The average Bonchev–Trinajstić information content (AvgIpc) is 3.23. The zero-order valence-electron chi connectivity index (χ0n) is 25.8. The van der Waals surface area contributed by atoms with E-state index in [0.29, 0.717) is 44.1 Å². The van der Waals surface area contributed by atoms with Crippen LogP contribution in [0.1, 0.15) is 107 Å². The van der Waals surface area contributed by atoms with E-state index in [1.54, 1.807) is 19.9 Å². The molecule has 9 nitrogen and oxygen atoms in total. The first kappa shape index (κ1) is 29.7. The Hall–Kier alpha value is -1.36. The standard InChI is InChI=1S/C32H48O9/c1-18(33)38-24-17-28(7)19-16-32(24,37)41-31(28)14-13-27(6)21(9-12-30(27,36)22(31)15-20(19)34)29(8)23(10-11-25(2,3)35)39-26(4,5)40-29/h15,19,21,23-24,35-37H,9-14,16-17H2,1-8H3/t19-,21-,23+,24-,27+,28-,29+,30+,31+,32-/m0/s1. The second kappa shape index (κ2) is 8.42. The summed E-state index contributed by atoms with van der Waals surface area (Å²) in [4.78, 5) is 25.6. The monoisotopic (exact) mass is 576 g/mol. The zero-order chi connectivity index (χ0) is 30.2. The van der Waals surface area contributed by atoms with Gasteiger partial charge in [0.2, 0.25) is 5.79 Å². The largest absolute Gasteiger partial charge is 0.457 e. The van der Waals surface area contributed by atoms with Crippen molar-refractivity contribution in [3.8, 4) is 0 Å². The third-order valence-electron chi connectivity index (χ3n) is 12.2. The van der Waals surface area contributed by atoms with E-state index in [9.17, 15) is 24.9 Å². The third-order valence-corrected chi connectivity index (χ3v) is 12.2. The molecule has 0 aromatic rings. The molecule has 1 spiro atoms. The fourth-order valence-electron chi connectivity index (χ4n) is 10.3. The van der Waals surface area contributed by atoms with E-state index in [4.69, 9.17) is 18.9 Å². The predicted octanol–water partition coefficient (Wildman–Crippen LogP) is 3.70. The number of allylic oxidation sites excluding steroid dienone is 1. The second-order valence-corrected chi connectivity index (χ2v) is 15.7. The summed E-state index contributed by atoms with van der Waals surface area (Å²) in [5, 5.41) is 35.1. The molecule has 6 fully saturated rings. The van der Waals surface area contributed by atoms with E-state index in [1.165, 1.54) is 6.92 Å². The molecule has 4 aliphatic carbocycles. The van der Waals surface area contributed by atoms with Crippen LogP contribution in [0.2, 0.25) is 0 Å². The molecule has 3 N–H and O–H groups in total. The van der Waals surface area contributed by atoms with Gasteiger partial charge in [-0.2, -0.15) is 0 Å². The van der Waals surface area contributed by atoms with Crippen molar-refractivity contribution < 1.29 is 43.9 Å². The molecule has 0 radical (unpaired) electrons. The van der Waals surface area contributed by atoms with E-state index < -0.39 is 62.8 Å². The zero-order valence-corrected chi connectivity index (χ0v) is 25.8. The molecule has 3 heterocycles. The quantitative estimate of drug-likeness (QED) is 0.419. The van der Waals surface area contributed by atoms with Crippen LogP contribution in [-0.4, -0.2) is 73.3 Å². The first-order valence-corrected chi connectivity index (χ1v) is 15.3. The summed E-state index contributed by atoms with van der Waals surface area (Å²) in [6.45, 7) is 14.9. The van der Waals surface area contributed by atoms with E-state index >= 15 is 0 Å². The van der Waals surface area contributed by atoms with Gasteiger partial charge in [-0.3, -0.25) is 9.59 Å². The van der Waals surface area contributed by atoms with E-state index in [-0.39, 0.29) is 30.6 Å². The number of rotatable bonds is 5. The van der Waals surface area contributed by atoms with Crippen molar-refractivity contribution in [2.24, 2.45) is 22.7 Å². The summed E-state index contributed by atoms with van der Waals surface area (Å²) in [7, 11) is 0. The maximum absolute atomic E-state index is 13.7. The molecule has 3 saturated heterocycles. The van der Waals surface area contributed by atoms with Gasteiger partial charge in [0.25, 0.3) is 0 Å². The molecular weight excluding hydrogens is 528 g/mol. The Morgan fingerprint density at radius 2 is 1.73 bits per heavy atom. The summed E-state index contributed by atoms with van der Waals surface area (Å²) in [5.74, 6) is -3.84. The number of fused-ring (bicyclic) bond motifs is 3. The first-order valence-electron chi connectivity index (χ1n) is 15.3. The number of esters is 1. The molecule has 0 amide bonds. The number of carbonyl (C=O) groups is 2. The molecule has 7 rings (SSSR count). The number of aliphatic hydroxyl groups is 3. The smallest absolute Gasteiger partial charge is 0.303 e. The second-order valence-electron chi connectivity index (χ2n) is 15.7. The summed E-state index contributed by atoms with van der Waals surface area (Å²) in [5.41, 5.74) is -4.88. The molecule has 0 aromatic carbocycles. The molecule has 230 valence electrons. The van der Waals surface area contributed by atoms with Crippen LogP contribution in [-0.2, 0) is 28.5 Å². The maximum atomic E-state index is 13.7. The van der Waals surface area contributed by atoms with Crippen LogP contribution in [0.3, 0.4) is 0 Å². The summed E-state index contributed by atoms with van der Waals surface area (Å²) >= 11 is 0. The van der Waals surface area contributed by atoms with Crippen molar-refractivity contribution in [2.45, 2.75) is 153 Å². The number of hydrogen-bond donors (Lipinski definition) is 3. The fourth-order valence-corrected chi connectivity index (χ4v) is 10.3. The number of hydrogen-bond acceptors (Lipinski definition) is 9. The lowest BCUT2D eigenvalue weighted by molar-refractivity contribution is -0.408. The van der Waals surface area contributed by atoms with Gasteiger partial charge in [0, 0.05) is 30.1 Å². The van der Waals surface area contributed by atoms with Crippen LogP contribution in [0.5, 0.6) is 0 Å². The van der Waals surface area contributed by atoms with E-state index in [2.05, 4.69) is 13.8 Å². The summed E-state index contributed by atoms with van der Waals surface area (Å²) in [6.07, 6.45) is 4.12. The van der Waals surface area contributed by atoms with E-state index in [1.807, 2.05) is 20.8 Å². The van der Waals surface area contributed by atoms with Gasteiger partial charge in [0.05, 0.1) is 22.9 Å². The molecular formula is C32H48O9. The lowest BCUT2D eigenvalue weighted by Crippen LogP contribution is -2.79. The van der Waals surface area contributed by atoms with Crippen molar-refractivity contribution in [1.29, 1.82) is 0 Å². The highest BCUT2D eigenvalue weighted by molar-refractivity contribution is 5.96. The normalized spacial score (nSPS) is 51.7. The molecule has 9 heteroatoms. The van der Waals surface area contributed by atoms with Crippen LogP contribution < -0.4 is 0 Å². The lowest BCUT2D eigenvalue weighted by atomic mass is 9.41. The number of ketones is 1. The number of carbonyl (C=O) groups excluding carboxylic acids is 2. The molecule has 7 aliphatic rings. The van der Waals surface area contributed by atoms with Gasteiger partial charge < -0.3 is 34.3 Å². The highest BCUT2D eigenvalue weighted by Gasteiger charge is 2.80. The summed E-state index contributed by atoms with van der Waals surface area (Å²) < 4.78 is 25.3. The minimum Gasteiger partial charge on any atom is -0.457 e. The van der Waals surface area contributed by atoms with Crippen molar-refractivity contribution in [3.63, 3.8) is 0 Å². The lowest BCUT2D eigenvalue weighted by Gasteiger charge is -2.71. The molecule has 3 saturated carbocycles. The van der Waals surface area contributed by atoms with Crippen LogP contribution >= 0.6 is 0 Å². The predicted molar refractivity (Wildman–Crippen MR) is 147 cm³/mol. The molecule has 0 unspecified atom stereocenters. The van der Waals surface area contributed by atoms with Crippen molar-refractivity contribution in [1.82, 2.24) is 0 Å². The molecule has 41 heavy (non-hydrogen) atoms. The van der Waals surface area contributed by atoms with Crippen LogP contribution in [0.15, 0.2) is 11.6 Å². The van der Waals surface area contributed by atoms with Crippen LogP contribution in [0.25, 0.3) is 0 Å². The Labute approximate surface area is 242 Å². The van der Waals surface area contributed by atoms with Crippen LogP contribution in [0.4, 0.5) is 0 Å². The van der Waals surface area contributed by atoms with Gasteiger partial charge in [0.15, 0.2) is 17.7 Å². The fraction of sp³-hybridized carbons (Fsp3) is 0.875. The van der Waals surface area contributed by atoms with Gasteiger partial charge in [-0.25, -0.2) is 0 Å². The Morgan fingerprint density at radius 3 is 2.37 bits per heavy atom. The Bertz CT molecular complexity index is 1200. The minimum absolute atomic E-state index is 0.0609. The highest BCUT2D eigenvalue weighted by Crippen LogP contribution is 2.75. The molecule has 3 aliphatic heterocycles. The average molecular weight is 577 g/mol. The van der Waals surface area contributed by atoms with E-state index in [0.717, 1.165) is 0 Å². The van der Waals surface area contributed by atoms with Gasteiger partial charge in [-0.1, -0.05) is 13.8 Å². The molecule has 4 bridgehead atoms. The SMILES string of the molecule is CC(=O)O[C@H]1C[C@@]2(C)[C@H]3C[C@]1(O)O[C@@]21CC[C@]2(C)[C@@H]([C@@]4(C)OC(C)(C)O[C@@H]4CCC(C)(C)O)CC[C@@]2(O)C1=CC3=O. The highest BCUT2D eigenvalue weighted by atomic mass is 16.8.